The summed E-state index contributed by atoms with van der Waals surface area (Å²) in [6, 6.07) is 0. The van der Waals surface area contributed by atoms with Crippen LogP contribution >= 0.6 is 46.4 Å². The average Bonchev–Trinajstić information content (AvgIpc) is 2.02. The van der Waals surface area contributed by atoms with E-state index in [0.717, 1.165) is 6.92 Å². The van der Waals surface area contributed by atoms with Crippen LogP contribution in [-0.2, 0) is 14.4 Å². The fraction of sp³-hybridized carbons (Fsp3) is 0.500. The van der Waals surface area contributed by atoms with E-state index in [4.69, 9.17) is 66.5 Å². The first-order valence-electron chi connectivity index (χ1n) is 3.22. The average molecular weight is 318 g/mol. The number of carboxylic acids is 3. The Morgan fingerprint density at radius 2 is 1.19 bits per heavy atom. The first kappa shape index (κ1) is 20.9. The molecule has 0 amide bonds. The molecule has 0 aliphatic carbocycles. The van der Waals surface area contributed by atoms with Gasteiger partial charge in [-0.05, 0) is 0 Å². The predicted molar refractivity (Wildman–Crippen MR) is 59.6 cm³/mol. The zero-order chi connectivity index (χ0) is 13.9. The quantitative estimate of drug-likeness (QED) is 0.636. The Kier molecular flexibility index (Phi) is 14.5. The van der Waals surface area contributed by atoms with Crippen LogP contribution in [0.1, 0.15) is 6.92 Å². The third-order valence-corrected chi connectivity index (χ3v) is 1.07. The number of carbonyl (C=O) groups is 3. The molecule has 0 fully saturated rings. The molecule has 0 atom stereocenters. The van der Waals surface area contributed by atoms with Crippen LogP contribution in [0, 0.1) is 0 Å². The van der Waals surface area contributed by atoms with Gasteiger partial charge in [0.1, 0.15) is 5.88 Å². The van der Waals surface area contributed by atoms with Crippen molar-refractivity contribution in [1.82, 2.24) is 0 Å². The molecule has 0 saturated heterocycles. The van der Waals surface area contributed by atoms with Crippen LogP contribution in [0.15, 0.2) is 0 Å². The van der Waals surface area contributed by atoms with Crippen molar-refractivity contribution >= 4 is 64.3 Å². The molecule has 0 aromatic rings. The molecule has 0 aliphatic rings. The molecule has 0 bridgehead atoms. The van der Waals surface area contributed by atoms with E-state index in [9.17, 15) is 9.59 Å². The summed E-state index contributed by atoms with van der Waals surface area (Å²) in [6.07, 6.45) is 0. The lowest BCUT2D eigenvalue weighted by Crippen LogP contribution is -2.16. The van der Waals surface area contributed by atoms with Crippen molar-refractivity contribution in [2.75, 3.05) is 5.88 Å². The van der Waals surface area contributed by atoms with Crippen LogP contribution in [0.25, 0.3) is 0 Å². The fourth-order valence-corrected chi connectivity index (χ4v) is 0. The second-order valence-corrected chi connectivity index (χ2v) is 4.40. The molecule has 3 N–H and O–H groups in total. The van der Waals surface area contributed by atoms with E-state index in [2.05, 4.69) is 0 Å². The highest BCUT2D eigenvalue weighted by atomic mass is 35.6. The first-order chi connectivity index (χ1) is 6.95. The molecule has 0 unspecified atom stereocenters. The van der Waals surface area contributed by atoms with Crippen LogP contribution in [0.5, 0.6) is 0 Å². The van der Waals surface area contributed by atoms with Crippen LogP contribution in [0.4, 0.5) is 0 Å². The van der Waals surface area contributed by atoms with Gasteiger partial charge in [0, 0.05) is 6.92 Å². The van der Waals surface area contributed by atoms with Gasteiger partial charge in [-0.1, -0.05) is 34.8 Å². The summed E-state index contributed by atoms with van der Waals surface area (Å²) in [7, 11) is 0. The zero-order valence-electron chi connectivity index (χ0n) is 7.79. The van der Waals surface area contributed by atoms with Crippen molar-refractivity contribution in [3.63, 3.8) is 0 Å². The molecular formula is C6H8Cl4O6. The maximum absolute atomic E-state index is 9.62. The molecule has 0 saturated carbocycles. The third kappa shape index (κ3) is 37.4. The topological polar surface area (TPSA) is 112 Å². The smallest absolute Gasteiger partial charge is 0.356 e. The Labute approximate surface area is 111 Å². The molecule has 0 aromatic carbocycles. The van der Waals surface area contributed by atoms with Crippen molar-refractivity contribution in [2.24, 2.45) is 0 Å². The van der Waals surface area contributed by atoms with Crippen LogP contribution < -0.4 is 0 Å². The van der Waals surface area contributed by atoms with Gasteiger partial charge in [0.15, 0.2) is 0 Å². The Morgan fingerprint density at radius 1 is 1.06 bits per heavy atom. The van der Waals surface area contributed by atoms with E-state index in [1.807, 2.05) is 0 Å². The van der Waals surface area contributed by atoms with Gasteiger partial charge in [0.05, 0.1) is 0 Å². The Morgan fingerprint density at radius 3 is 1.19 bits per heavy atom. The van der Waals surface area contributed by atoms with E-state index in [1.165, 1.54) is 0 Å². The van der Waals surface area contributed by atoms with Crippen molar-refractivity contribution in [1.29, 1.82) is 0 Å². The highest BCUT2D eigenvalue weighted by molar-refractivity contribution is 6.75. The number of alkyl halides is 4. The summed E-state index contributed by atoms with van der Waals surface area (Å²) in [4.78, 5) is 27.9. The summed E-state index contributed by atoms with van der Waals surface area (Å²) >= 11 is 19.1. The summed E-state index contributed by atoms with van der Waals surface area (Å²) in [6.45, 7) is 1.08. The largest absolute Gasteiger partial charge is 0.481 e. The summed E-state index contributed by atoms with van der Waals surface area (Å²) in [5.74, 6) is -3.58. The first-order valence-corrected chi connectivity index (χ1v) is 4.89. The normalized spacial score (nSPS) is 8.81. The minimum atomic E-state index is -2.17. The number of hydrogen-bond acceptors (Lipinski definition) is 3. The molecule has 0 aliphatic heterocycles. The highest BCUT2D eigenvalue weighted by Gasteiger charge is 2.29. The highest BCUT2D eigenvalue weighted by Crippen LogP contribution is 2.25. The van der Waals surface area contributed by atoms with Gasteiger partial charge in [-0.15, -0.1) is 11.6 Å². The number of hydrogen-bond donors (Lipinski definition) is 3. The molecule has 16 heavy (non-hydrogen) atoms. The molecular weight excluding hydrogens is 310 g/mol. The van der Waals surface area contributed by atoms with E-state index >= 15 is 0 Å². The Bertz CT molecular complexity index is 232. The van der Waals surface area contributed by atoms with E-state index in [-0.39, 0.29) is 5.88 Å². The van der Waals surface area contributed by atoms with Gasteiger partial charge >= 0.3 is 11.9 Å². The lowest BCUT2D eigenvalue weighted by molar-refractivity contribution is -0.136. The summed E-state index contributed by atoms with van der Waals surface area (Å²) in [5.41, 5.74) is 0. The lowest BCUT2D eigenvalue weighted by Gasteiger charge is -1.99. The molecule has 0 spiro atoms. The van der Waals surface area contributed by atoms with Gasteiger partial charge in [-0.25, -0.2) is 4.79 Å². The van der Waals surface area contributed by atoms with E-state index in [0.29, 0.717) is 0 Å². The van der Waals surface area contributed by atoms with Gasteiger partial charge < -0.3 is 15.3 Å². The second-order valence-electron chi connectivity index (χ2n) is 1.85. The number of carboxylic acid groups (broad SMARTS) is 3. The van der Waals surface area contributed by atoms with Gasteiger partial charge in [0.2, 0.25) is 0 Å². The minimum Gasteiger partial charge on any atom is -0.481 e. The van der Waals surface area contributed by atoms with Crippen molar-refractivity contribution in [3.05, 3.63) is 0 Å². The monoisotopic (exact) mass is 316 g/mol. The predicted octanol–water partition coefficient (Wildman–Crippen LogP) is 1.84. The molecule has 0 rings (SSSR count). The molecule has 10 heteroatoms. The fourth-order valence-electron chi connectivity index (χ4n) is 0. The standard InChI is InChI=1S/C2HCl3O2.C2H3ClO2.C2H4O2/c3-2(4,5)1(6)7;3-1-2(4)5;1-2(3)4/h(H,6,7);1H2,(H,4,5);1H3,(H,3,4). The zero-order valence-corrected chi connectivity index (χ0v) is 10.8. The second kappa shape index (κ2) is 11.1. The number of aliphatic carboxylic acids is 3. The number of rotatable bonds is 1. The minimum absolute atomic E-state index is 0.306. The maximum atomic E-state index is 9.62. The maximum Gasteiger partial charge on any atom is 0.356 e. The Balaban J connectivity index is -0.000000166. The van der Waals surface area contributed by atoms with E-state index < -0.39 is 21.7 Å². The molecule has 6 nitrogen and oxygen atoms in total. The van der Waals surface area contributed by atoms with Gasteiger partial charge in [-0.2, -0.15) is 0 Å². The molecule has 0 radical (unpaired) electrons. The van der Waals surface area contributed by atoms with Crippen molar-refractivity contribution in [3.8, 4) is 0 Å². The molecule has 96 valence electrons. The molecule has 0 aromatic heterocycles. The van der Waals surface area contributed by atoms with Crippen LogP contribution in [0.3, 0.4) is 0 Å². The van der Waals surface area contributed by atoms with Crippen molar-refractivity contribution in [2.45, 2.75) is 10.7 Å². The Hall–Kier alpha value is -0.430. The molecule has 0 heterocycles. The van der Waals surface area contributed by atoms with Crippen LogP contribution in [0.2, 0.25) is 0 Å². The van der Waals surface area contributed by atoms with E-state index in [1.54, 1.807) is 0 Å². The van der Waals surface area contributed by atoms with Crippen LogP contribution in [-0.4, -0.2) is 42.9 Å². The number of halogens is 4. The van der Waals surface area contributed by atoms with Gasteiger partial charge in [0.25, 0.3) is 9.76 Å². The lowest BCUT2D eigenvalue weighted by atomic mass is 10.8. The van der Waals surface area contributed by atoms with Gasteiger partial charge in [-0.3, -0.25) is 9.59 Å². The summed E-state index contributed by atoms with van der Waals surface area (Å²) < 4.78 is -2.17. The summed E-state index contributed by atoms with van der Waals surface area (Å²) in [5, 5.41) is 22.9. The SMILES string of the molecule is CC(=O)O.O=C(O)C(Cl)(Cl)Cl.O=C(O)CCl. The third-order valence-electron chi connectivity index (χ3n) is 0.357. The van der Waals surface area contributed by atoms with Crippen molar-refractivity contribution < 1.29 is 29.7 Å².